The first-order chi connectivity index (χ1) is 16.5. The molecule has 0 aliphatic rings. The van der Waals surface area contributed by atoms with Gasteiger partial charge in [0.1, 0.15) is 11.4 Å². The number of halogens is 1. The molecule has 0 fully saturated rings. The van der Waals surface area contributed by atoms with E-state index in [1.807, 2.05) is 55.5 Å². The van der Waals surface area contributed by atoms with Gasteiger partial charge in [-0.3, -0.25) is 4.79 Å². The van der Waals surface area contributed by atoms with Gasteiger partial charge in [-0.25, -0.2) is 9.97 Å². The van der Waals surface area contributed by atoms with Crippen molar-refractivity contribution in [3.05, 3.63) is 101 Å². The topological polar surface area (TPSA) is 64.1 Å². The van der Waals surface area contributed by atoms with Gasteiger partial charge in [-0.1, -0.05) is 71.0 Å². The highest BCUT2D eigenvalue weighted by Crippen LogP contribution is 2.32. The number of benzene rings is 3. The Bertz CT molecular complexity index is 1280. The summed E-state index contributed by atoms with van der Waals surface area (Å²) in [4.78, 5) is 24.0. The van der Waals surface area contributed by atoms with Gasteiger partial charge in [-0.05, 0) is 55.0 Å². The number of hydrogen-bond donors (Lipinski definition) is 1. The number of methoxy groups -OCH3 is 1. The van der Waals surface area contributed by atoms with Crippen molar-refractivity contribution in [2.45, 2.75) is 27.6 Å². The number of anilines is 1. The number of rotatable bonds is 8. The summed E-state index contributed by atoms with van der Waals surface area (Å²) >= 11 is 9.17. The van der Waals surface area contributed by atoms with E-state index in [9.17, 15) is 4.79 Å². The minimum Gasteiger partial charge on any atom is -0.497 e. The van der Waals surface area contributed by atoms with Crippen LogP contribution in [0, 0.1) is 6.92 Å². The molecule has 172 valence electrons. The monoisotopic (exact) mass is 507 g/mol. The van der Waals surface area contributed by atoms with E-state index in [1.54, 1.807) is 37.6 Å². The summed E-state index contributed by atoms with van der Waals surface area (Å²) < 4.78 is 5.19. The SMILES string of the molecule is COc1ccc(NC(=O)c2nc(SCc3ccccc3Cl)ncc2Sc2ccc(C)cc2)cc1. The molecule has 5 nitrogen and oxygen atoms in total. The molecule has 1 amide bonds. The van der Waals surface area contributed by atoms with Crippen molar-refractivity contribution < 1.29 is 9.53 Å². The predicted molar refractivity (Wildman–Crippen MR) is 139 cm³/mol. The maximum atomic E-state index is 13.2. The lowest BCUT2D eigenvalue weighted by Crippen LogP contribution is -2.16. The second-order valence-electron chi connectivity index (χ2n) is 7.34. The van der Waals surface area contributed by atoms with E-state index < -0.39 is 0 Å². The maximum Gasteiger partial charge on any atom is 0.275 e. The van der Waals surface area contributed by atoms with Crippen molar-refractivity contribution in [1.82, 2.24) is 9.97 Å². The summed E-state index contributed by atoms with van der Waals surface area (Å²) in [5, 5.41) is 4.13. The van der Waals surface area contributed by atoms with E-state index in [-0.39, 0.29) is 5.91 Å². The zero-order chi connectivity index (χ0) is 23.9. The molecule has 8 heteroatoms. The van der Waals surface area contributed by atoms with Crippen molar-refractivity contribution in [1.29, 1.82) is 0 Å². The minimum absolute atomic E-state index is 0.304. The first kappa shape index (κ1) is 24.1. The Morgan fingerprint density at radius 3 is 2.47 bits per heavy atom. The van der Waals surface area contributed by atoms with Gasteiger partial charge in [0, 0.05) is 27.6 Å². The van der Waals surface area contributed by atoms with Gasteiger partial charge in [0.05, 0.1) is 12.0 Å². The number of hydrogen-bond acceptors (Lipinski definition) is 6. The van der Waals surface area contributed by atoms with E-state index in [0.29, 0.717) is 38.0 Å². The van der Waals surface area contributed by atoms with E-state index >= 15 is 0 Å². The molecule has 1 heterocycles. The molecule has 0 spiro atoms. The standard InChI is InChI=1S/C26H22ClN3O2S2/c1-17-7-13-21(14-8-17)34-23-15-28-26(33-16-18-5-3-4-6-22(18)27)30-24(23)25(31)29-19-9-11-20(32-2)12-10-19/h3-15H,16H2,1-2H3,(H,29,31). The number of nitrogens with zero attached hydrogens (tertiary/aromatic N) is 2. The fraction of sp³-hybridized carbons (Fsp3) is 0.115. The minimum atomic E-state index is -0.304. The lowest BCUT2D eigenvalue weighted by Gasteiger charge is -2.11. The third-order valence-corrected chi connectivity index (χ3v) is 7.16. The summed E-state index contributed by atoms with van der Waals surface area (Å²) in [6.07, 6.45) is 1.70. The van der Waals surface area contributed by atoms with Crippen LogP contribution in [0.15, 0.2) is 93.9 Å². The average Bonchev–Trinajstić information content (AvgIpc) is 2.86. The molecule has 1 N–H and O–H groups in total. The molecule has 0 saturated heterocycles. The van der Waals surface area contributed by atoms with Crippen LogP contribution in [0.25, 0.3) is 0 Å². The number of aryl methyl sites for hydroxylation is 1. The molecule has 0 radical (unpaired) electrons. The highest BCUT2D eigenvalue weighted by molar-refractivity contribution is 7.99. The lowest BCUT2D eigenvalue weighted by molar-refractivity contribution is 0.101. The second-order valence-corrected chi connectivity index (χ2v) is 9.81. The Hall–Kier alpha value is -3.00. The Kier molecular flexibility index (Phi) is 8.11. The Balaban J connectivity index is 1.59. The summed E-state index contributed by atoms with van der Waals surface area (Å²) in [6, 6.07) is 22.9. The van der Waals surface area contributed by atoms with Gasteiger partial charge in [0.2, 0.25) is 0 Å². The van der Waals surface area contributed by atoms with Crippen LogP contribution in [-0.4, -0.2) is 23.0 Å². The number of amides is 1. The van der Waals surface area contributed by atoms with Crippen molar-refractivity contribution >= 4 is 46.7 Å². The maximum absolute atomic E-state index is 13.2. The molecule has 0 aliphatic carbocycles. The lowest BCUT2D eigenvalue weighted by atomic mass is 10.2. The predicted octanol–water partition coefficient (Wildman–Crippen LogP) is 7.14. The quantitative estimate of drug-likeness (QED) is 0.202. The molecule has 0 bridgehead atoms. The molecule has 4 rings (SSSR count). The number of thioether (sulfide) groups is 1. The molecular formula is C26H22ClN3O2S2. The average molecular weight is 508 g/mol. The Labute approximate surface area is 212 Å². The molecule has 0 atom stereocenters. The first-order valence-corrected chi connectivity index (χ1v) is 12.6. The van der Waals surface area contributed by atoms with Crippen molar-refractivity contribution in [3.63, 3.8) is 0 Å². The first-order valence-electron chi connectivity index (χ1n) is 10.4. The Morgan fingerprint density at radius 2 is 1.76 bits per heavy atom. The van der Waals surface area contributed by atoms with E-state index in [0.717, 1.165) is 10.5 Å². The zero-order valence-electron chi connectivity index (χ0n) is 18.6. The van der Waals surface area contributed by atoms with Crippen LogP contribution in [0.3, 0.4) is 0 Å². The van der Waals surface area contributed by atoms with Crippen LogP contribution < -0.4 is 10.1 Å². The van der Waals surface area contributed by atoms with Gasteiger partial charge in [0.25, 0.3) is 5.91 Å². The number of carbonyl (C=O) groups excluding carboxylic acids is 1. The molecule has 1 aromatic heterocycles. The number of carbonyl (C=O) groups is 1. The summed E-state index contributed by atoms with van der Waals surface area (Å²) in [7, 11) is 1.60. The molecule has 0 aliphatic heterocycles. The van der Waals surface area contributed by atoms with Gasteiger partial charge >= 0.3 is 0 Å². The van der Waals surface area contributed by atoms with Crippen LogP contribution in [0.2, 0.25) is 5.02 Å². The fourth-order valence-electron chi connectivity index (χ4n) is 3.02. The van der Waals surface area contributed by atoms with Gasteiger partial charge in [-0.2, -0.15) is 0 Å². The van der Waals surface area contributed by atoms with Gasteiger partial charge < -0.3 is 10.1 Å². The summed E-state index contributed by atoms with van der Waals surface area (Å²) in [6.45, 7) is 2.04. The van der Waals surface area contributed by atoms with Gasteiger partial charge in [0.15, 0.2) is 5.16 Å². The van der Waals surface area contributed by atoms with E-state index in [2.05, 4.69) is 15.3 Å². The summed E-state index contributed by atoms with van der Waals surface area (Å²) in [5.74, 6) is 1.01. The van der Waals surface area contributed by atoms with Crippen molar-refractivity contribution in [2.75, 3.05) is 12.4 Å². The Morgan fingerprint density at radius 1 is 1.03 bits per heavy atom. The molecule has 0 saturated carbocycles. The van der Waals surface area contributed by atoms with Crippen molar-refractivity contribution in [3.8, 4) is 5.75 Å². The van der Waals surface area contributed by atoms with Crippen molar-refractivity contribution in [2.24, 2.45) is 0 Å². The molecule has 0 unspecified atom stereocenters. The highest BCUT2D eigenvalue weighted by Gasteiger charge is 2.18. The number of aromatic nitrogens is 2. The third kappa shape index (κ3) is 6.32. The highest BCUT2D eigenvalue weighted by atomic mass is 35.5. The molecular weight excluding hydrogens is 486 g/mol. The zero-order valence-corrected chi connectivity index (χ0v) is 21.0. The van der Waals surface area contributed by atoms with Crippen LogP contribution in [0.5, 0.6) is 5.75 Å². The molecule has 3 aromatic carbocycles. The van der Waals surface area contributed by atoms with Gasteiger partial charge in [-0.15, -0.1) is 0 Å². The summed E-state index contributed by atoms with van der Waals surface area (Å²) in [5.41, 5.74) is 3.13. The van der Waals surface area contributed by atoms with Crippen LogP contribution in [-0.2, 0) is 5.75 Å². The number of nitrogens with one attached hydrogen (secondary N) is 1. The van der Waals surface area contributed by atoms with Crippen LogP contribution in [0.1, 0.15) is 21.6 Å². The molecule has 4 aromatic rings. The molecule has 34 heavy (non-hydrogen) atoms. The number of ether oxygens (including phenoxy) is 1. The largest absolute Gasteiger partial charge is 0.497 e. The van der Waals surface area contributed by atoms with E-state index in [1.165, 1.54) is 29.1 Å². The van der Waals surface area contributed by atoms with Crippen LogP contribution in [0.4, 0.5) is 5.69 Å². The second kappa shape index (κ2) is 11.4. The third-order valence-electron chi connectivity index (χ3n) is 4.86. The fourth-order valence-corrected chi connectivity index (χ4v) is 4.98. The van der Waals surface area contributed by atoms with Crippen LogP contribution >= 0.6 is 35.1 Å². The smallest absolute Gasteiger partial charge is 0.275 e. The normalized spacial score (nSPS) is 10.7. The van der Waals surface area contributed by atoms with E-state index in [4.69, 9.17) is 16.3 Å².